The first-order valence-electron chi connectivity index (χ1n) is 35.9. The van der Waals surface area contributed by atoms with Crippen LogP contribution in [0.4, 0.5) is 0 Å². The highest BCUT2D eigenvalue weighted by molar-refractivity contribution is 7.99. The Kier molecular flexibility index (Phi) is 36.7. The van der Waals surface area contributed by atoms with Crippen molar-refractivity contribution in [1.29, 1.82) is 0 Å². The summed E-state index contributed by atoms with van der Waals surface area (Å²) in [6, 6.07) is 5.01. The van der Waals surface area contributed by atoms with Gasteiger partial charge in [0, 0.05) is 133 Å². The lowest BCUT2D eigenvalue weighted by Crippen LogP contribution is -2.61. The number of primary amides is 2. The Labute approximate surface area is 630 Å². The molecular formula is C70H105N15O18S3. The predicted molar refractivity (Wildman–Crippen MR) is 397 cm³/mol. The summed E-state index contributed by atoms with van der Waals surface area (Å²) in [4.78, 5) is 200. The molecule has 2 aromatic carbocycles. The summed E-state index contributed by atoms with van der Waals surface area (Å²) in [6.07, 6.45) is 0.952. The highest BCUT2D eigenvalue weighted by Gasteiger charge is 2.45. The van der Waals surface area contributed by atoms with Crippen molar-refractivity contribution in [3.8, 4) is 0 Å². The second-order valence-corrected chi connectivity index (χ2v) is 30.3. The van der Waals surface area contributed by atoms with E-state index in [1.165, 1.54) is 59.1 Å². The Bertz CT molecular complexity index is 3330. The van der Waals surface area contributed by atoms with Crippen LogP contribution in [0.2, 0.25) is 0 Å². The van der Waals surface area contributed by atoms with Crippen LogP contribution in [0.1, 0.15) is 100 Å². The monoisotopic (exact) mass is 1540 g/mol. The van der Waals surface area contributed by atoms with E-state index in [-0.39, 0.29) is 153 Å². The quantitative estimate of drug-likeness (QED) is 0.0423. The number of aliphatic hydroxyl groups excluding tert-OH is 1. The van der Waals surface area contributed by atoms with Crippen molar-refractivity contribution in [2.45, 2.75) is 150 Å². The lowest BCUT2D eigenvalue weighted by Gasteiger charge is -2.33. The highest BCUT2D eigenvalue weighted by Crippen LogP contribution is 2.29. The van der Waals surface area contributed by atoms with E-state index in [1.54, 1.807) is 45.0 Å². The number of amides is 11. The maximum absolute atomic E-state index is 15.0. The first-order valence-corrected chi connectivity index (χ1v) is 39.4. The minimum absolute atomic E-state index is 0.0828. The molecule has 586 valence electrons. The topological polar surface area (TPSA) is 467 Å². The second kappa shape index (κ2) is 44.9. The Morgan fingerprint density at radius 2 is 1.15 bits per heavy atom. The molecule has 4 aliphatic rings. The van der Waals surface area contributed by atoms with Gasteiger partial charge >= 0.3 is 17.9 Å². The van der Waals surface area contributed by atoms with Crippen LogP contribution in [0.25, 0.3) is 0 Å². The van der Waals surface area contributed by atoms with Crippen molar-refractivity contribution >= 4 is 118 Å². The molecular weight excluding hydrogens is 1440 g/mol. The van der Waals surface area contributed by atoms with Crippen molar-refractivity contribution in [1.82, 2.24) is 66.2 Å². The average molecular weight is 1540 g/mol. The molecule has 0 radical (unpaired) electrons. The standard InChI is InChI=1S/C70H105N15O18S3/c1-4-5-7-16-58(89)74-53-44-106-42-49-32-47(40-104-30-19-73-59(90)36-80-22-24-81(37-60(91)92)26-28-83(39-62(95)96)29-27-82(25-23-80)38-61(93)94)31-48(33-49)41-105-43-52(68(101)79(3)35-57(72)88)77-65(98)51(34-46-12-8-6-9-13-46)76-64(97)50(17-18-56(71)87)75-67(100)63(45(2)86)78-66(99)54-14-10-20-84(54)70(103)55-15-11-21-85(55)69(53)102/h6,8-9,12-13,31-33,45,50-55,63,86H,4-5,7,10-11,14-30,34-44H2,1-3H3,(H2,71,87)(H2,72,88)(H,73,90)(H,74,89)(H,75,100)(H,76,97)(H,77,98)(H,78,99)(H,91,92)(H,93,94)(H,95,96)/t45-,50+,51+,52+,53+,54+,55+,63+/m1/s1. The van der Waals surface area contributed by atoms with Crippen molar-refractivity contribution in [3.05, 3.63) is 70.8 Å². The minimum Gasteiger partial charge on any atom is -0.480 e. The lowest BCUT2D eigenvalue weighted by atomic mass is 10.0. The van der Waals surface area contributed by atoms with Gasteiger partial charge in [0.25, 0.3) is 0 Å². The summed E-state index contributed by atoms with van der Waals surface area (Å²) >= 11 is 4.14. The maximum atomic E-state index is 15.0. The SMILES string of the molecule is CCCCCC(=O)N[C@H]1CSCc2cc(CSCCNC(=O)CN3CCN(CC(=O)O)CCN(CC(=O)O)CCN(CC(=O)O)CC3)cc(c2)CSC[C@@H](C(=O)N(C)CC(N)=O)NC(=O)[C@H](Cc2ccccc2)NC(=O)[C@H](CCC(N)=O)NC(=O)[C@H]([C@@H](C)O)NC(=O)[C@@H]2CCCN2C(=O)[C@@H]2CCCN2C1=O. The molecule has 6 rings (SSSR count). The summed E-state index contributed by atoms with van der Waals surface area (Å²) in [5.41, 5.74) is 14.1. The lowest BCUT2D eigenvalue weighted by molar-refractivity contribution is -0.148. The molecule has 8 atom stereocenters. The van der Waals surface area contributed by atoms with Crippen LogP contribution in [-0.2, 0) is 90.8 Å². The number of fused-ring (bicyclic) bond motifs is 4. The fourth-order valence-corrected chi connectivity index (χ4v) is 15.7. The summed E-state index contributed by atoms with van der Waals surface area (Å²) in [7, 11) is 1.33. The molecule has 2 bridgehead atoms. The Balaban J connectivity index is 1.31. The van der Waals surface area contributed by atoms with Gasteiger partial charge in [-0.2, -0.15) is 35.3 Å². The van der Waals surface area contributed by atoms with Gasteiger partial charge in [-0.1, -0.05) is 68.3 Å². The van der Waals surface area contributed by atoms with E-state index >= 15 is 0 Å². The van der Waals surface area contributed by atoms with Gasteiger partial charge < -0.3 is 78.5 Å². The van der Waals surface area contributed by atoms with Gasteiger partial charge in [-0.05, 0) is 67.7 Å². The van der Waals surface area contributed by atoms with Crippen LogP contribution in [0.15, 0.2) is 48.5 Å². The third-order valence-electron chi connectivity index (χ3n) is 18.4. The number of nitrogens with one attached hydrogen (secondary N) is 6. The first-order chi connectivity index (χ1) is 50.6. The van der Waals surface area contributed by atoms with E-state index < -0.39 is 139 Å². The molecule has 2 aromatic rings. The fourth-order valence-electron chi connectivity index (χ4n) is 13.0. The summed E-state index contributed by atoms with van der Waals surface area (Å²) in [5.74, 6) is -9.62. The molecule has 14 N–H and O–H groups in total. The zero-order valence-corrected chi connectivity index (χ0v) is 63.0. The number of carbonyl (C=O) groups is 14. The van der Waals surface area contributed by atoms with Gasteiger partial charge in [-0.15, -0.1) is 0 Å². The van der Waals surface area contributed by atoms with Crippen molar-refractivity contribution in [2.75, 3.05) is 129 Å². The number of aliphatic hydroxyl groups is 1. The molecule has 0 aliphatic carbocycles. The first kappa shape index (κ1) is 86.8. The molecule has 0 aromatic heterocycles. The molecule has 0 saturated carbocycles. The summed E-state index contributed by atoms with van der Waals surface area (Å²) in [5, 5.41) is 56.5. The number of rotatable bonds is 27. The highest BCUT2D eigenvalue weighted by atomic mass is 32.2. The van der Waals surface area contributed by atoms with Crippen LogP contribution in [0, 0.1) is 0 Å². The number of hydrogen-bond acceptors (Lipinski definition) is 22. The van der Waals surface area contributed by atoms with Gasteiger partial charge in [0.2, 0.25) is 65.0 Å². The number of benzene rings is 2. The number of carboxylic acid groups (broad SMARTS) is 3. The number of unbranched alkanes of at least 4 members (excludes halogenated alkanes) is 2. The number of carboxylic acids is 3. The van der Waals surface area contributed by atoms with Gasteiger partial charge in [-0.25, -0.2) is 0 Å². The van der Waals surface area contributed by atoms with Gasteiger partial charge in [-0.3, -0.25) is 86.7 Å². The van der Waals surface area contributed by atoms with Crippen molar-refractivity contribution in [3.63, 3.8) is 0 Å². The normalized spacial score (nSPS) is 22.8. The van der Waals surface area contributed by atoms with Crippen LogP contribution in [0.3, 0.4) is 0 Å². The number of aliphatic carboxylic acids is 3. The van der Waals surface area contributed by atoms with E-state index in [9.17, 15) is 87.5 Å². The Morgan fingerprint density at radius 3 is 1.70 bits per heavy atom. The maximum Gasteiger partial charge on any atom is 0.317 e. The van der Waals surface area contributed by atoms with Crippen molar-refractivity contribution < 1.29 is 87.5 Å². The third-order valence-corrected chi connectivity index (χ3v) is 21.6. The molecule has 3 saturated heterocycles. The van der Waals surface area contributed by atoms with Gasteiger partial charge in [0.05, 0.1) is 38.8 Å². The molecule has 0 unspecified atom stereocenters. The number of thioether (sulfide) groups is 3. The molecule has 106 heavy (non-hydrogen) atoms. The van der Waals surface area contributed by atoms with Gasteiger partial charge in [0.15, 0.2) is 0 Å². The molecule has 3 fully saturated rings. The van der Waals surface area contributed by atoms with Crippen molar-refractivity contribution in [2.24, 2.45) is 11.5 Å². The number of hydrogen-bond donors (Lipinski definition) is 12. The zero-order chi connectivity index (χ0) is 77.4. The van der Waals surface area contributed by atoms with E-state index in [0.29, 0.717) is 42.1 Å². The third kappa shape index (κ3) is 29.9. The minimum atomic E-state index is -1.73. The zero-order valence-electron chi connectivity index (χ0n) is 60.6. The molecule has 0 spiro atoms. The van der Waals surface area contributed by atoms with Gasteiger partial charge in [0.1, 0.15) is 42.3 Å². The summed E-state index contributed by atoms with van der Waals surface area (Å²) < 4.78 is 0. The Hall–Kier alpha value is -8.13. The van der Waals surface area contributed by atoms with Crippen LogP contribution in [0.5, 0.6) is 0 Å². The molecule has 4 aliphatic heterocycles. The van der Waals surface area contributed by atoms with E-state index in [2.05, 4.69) is 31.9 Å². The number of nitrogens with two attached hydrogens (primary N) is 2. The molecule has 4 heterocycles. The fraction of sp³-hybridized carbons (Fsp3) is 0.629. The predicted octanol–water partition coefficient (Wildman–Crippen LogP) is -2.19. The van der Waals surface area contributed by atoms with E-state index in [0.717, 1.165) is 34.4 Å². The summed E-state index contributed by atoms with van der Waals surface area (Å²) in [6.45, 7) is 4.03. The number of carbonyl (C=O) groups excluding carboxylic acids is 11. The molecule has 11 amide bonds. The van der Waals surface area contributed by atoms with Crippen LogP contribution in [-0.4, -0.2) is 315 Å². The largest absolute Gasteiger partial charge is 0.480 e. The van der Waals surface area contributed by atoms with E-state index in [1.807, 2.05) is 30.0 Å². The molecule has 33 nitrogen and oxygen atoms in total. The average Bonchev–Trinajstić information content (AvgIpc) is 1.63. The number of likely N-dealkylation sites (N-methyl/N-ethyl adjacent to an activating group) is 1. The smallest absolute Gasteiger partial charge is 0.317 e. The van der Waals surface area contributed by atoms with Crippen LogP contribution < -0.4 is 43.4 Å². The van der Waals surface area contributed by atoms with Crippen LogP contribution >= 0.6 is 35.3 Å². The van der Waals surface area contributed by atoms with E-state index in [4.69, 9.17) is 11.5 Å². The molecule has 36 heteroatoms. The number of nitrogens with zero attached hydrogens (tertiary/aromatic N) is 7. The second-order valence-electron chi connectivity index (χ2n) is 27.1. The Morgan fingerprint density at radius 1 is 0.613 bits per heavy atom.